The van der Waals surface area contributed by atoms with Crippen LogP contribution in [-0.2, 0) is 11.3 Å². The Hall–Kier alpha value is -3.10. The number of carbonyl (C=O) groups is 2. The van der Waals surface area contributed by atoms with Gasteiger partial charge in [-0.05, 0) is 30.3 Å². The van der Waals surface area contributed by atoms with Gasteiger partial charge >= 0.3 is 5.91 Å². The van der Waals surface area contributed by atoms with Crippen molar-refractivity contribution in [2.75, 3.05) is 5.32 Å². The van der Waals surface area contributed by atoms with Crippen LogP contribution in [0.5, 0.6) is 0 Å². The zero-order valence-electron chi connectivity index (χ0n) is 15.0. The van der Waals surface area contributed by atoms with Gasteiger partial charge in [0.15, 0.2) is 9.81 Å². The van der Waals surface area contributed by atoms with Crippen molar-refractivity contribution >= 4 is 60.6 Å². The van der Waals surface area contributed by atoms with Crippen molar-refractivity contribution in [3.8, 4) is 0 Å². The molecule has 0 bridgehead atoms. The number of allylic oxidation sites excluding steroid dienone is 1. The van der Waals surface area contributed by atoms with E-state index in [1.165, 1.54) is 29.6 Å². The Balaban J connectivity index is 1.80. The number of carbonyl (C=O) groups excluding carboxylic acids is 2. The summed E-state index contributed by atoms with van der Waals surface area (Å²) in [6.45, 7) is 5.78. The van der Waals surface area contributed by atoms with Crippen molar-refractivity contribution < 1.29 is 9.59 Å². The van der Waals surface area contributed by atoms with E-state index in [0.717, 1.165) is 20.4 Å². The van der Waals surface area contributed by atoms with Crippen LogP contribution in [0, 0.1) is 0 Å². The van der Waals surface area contributed by atoms with Gasteiger partial charge in [-0.3, -0.25) is 9.59 Å². The largest absolute Gasteiger partial charge is 0.326 e. The van der Waals surface area contributed by atoms with E-state index in [0.29, 0.717) is 22.0 Å². The fraction of sp³-hybridized carbons (Fsp3) is 0.100. The Labute approximate surface area is 168 Å². The van der Waals surface area contributed by atoms with Gasteiger partial charge in [0.2, 0.25) is 5.91 Å². The molecule has 0 saturated carbocycles. The van der Waals surface area contributed by atoms with Gasteiger partial charge in [-0.2, -0.15) is 4.99 Å². The van der Waals surface area contributed by atoms with Crippen LogP contribution in [0.3, 0.4) is 0 Å². The number of hydrogen-bond acceptors (Lipinski definition) is 5. The molecule has 4 aromatic rings. The van der Waals surface area contributed by atoms with Crippen LogP contribution in [0.15, 0.2) is 60.1 Å². The molecular weight excluding hydrogens is 392 g/mol. The lowest BCUT2D eigenvalue weighted by Gasteiger charge is -2.03. The number of rotatable bonds is 4. The van der Waals surface area contributed by atoms with Crippen LogP contribution < -0.4 is 10.1 Å². The Morgan fingerprint density at radius 3 is 2.79 bits per heavy atom. The molecule has 0 unspecified atom stereocenters. The number of amides is 2. The van der Waals surface area contributed by atoms with E-state index in [9.17, 15) is 9.59 Å². The third kappa shape index (κ3) is 3.51. The summed E-state index contributed by atoms with van der Waals surface area (Å²) < 4.78 is 3.80. The molecule has 0 saturated heterocycles. The van der Waals surface area contributed by atoms with Crippen LogP contribution in [0.25, 0.3) is 20.4 Å². The lowest BCUT2D eigenvalue weighted by Crippen LogP contribution is -2.16. The van der Waals surface area contributed by atoms with Crippen molar-refractivity contribution in [1.29, 1.82) is 0 Å². The number of fused-ring (bicyclic) bond motifs is 2. The number of para-hydroxylation sites is 1. The molecule has 0 atom stereocenters. The van der Waals surface area contributed by atoms with Crippen LogP contribution >= 0.6 is 22.7 Å². The van der Waals surface area contributed by atoms with Crippen LogP contribution in [0.2, 0.25) is 0 Å². The first-order valence-corrected chi connectivity index (χ1v) is 10.1. The molecule has 0 aliphatic carbocycles. The second-order valence-corrected chi connectivity index (χ2v) is 8.09. The minimum absolute atomic E-state index is 0.134. The van der Waals surface area contributed by atoms with Gasteiger partial charge in [0.25, 0.3) is 0 Å². The normalized spacial score (nSPS) is 11.8. The van der Waals surface area contributed by atoms with Crippen molar-refractivity contribution in [3.05, 3.63) is 64.9 Å². The molecule has 140 valence electrons. The number of nitrogens with zero attached hydrogens (tertiary/aromatic N) is 3. The predicted molar refractivity (Wildman–Crippen MR) is 114 cm³/mol. The summed E-state index contributed by atoms with van der Waals surface area (Å²) in [5.74, 6) is -0.501. The number of anilines is 1. The van der Waals surface area contributed by atoms with E-state index in [-0.39, 0.29) is 11.8 Å². The molecular formula is C20H16N4O2S2. The standard InChI is InChI=1S/C20H16N4O2S2/c1-3-10-24-15-9-8-13(21-12(2)25)11-17(15)28-20(24)23-18(26)19-22-14-6-4-5-7-16(14)27-19/h3-9,11H,1,10H2,2H3,(H,21,25). The molecule has 8 heteroatoms. The second-order valence-electron chi connectivity index (χ2n) is 6.05. The predicted octanol–water partition coefficient (Wildman–Crippen LogP) is 4.20. The van der Waals surface area contributed by atoms with Crippen LogP contribution in [-0.4, -0.2) is 21.4 Å². The maximum absolute atomic E-state index is 12.7. The van der Waals surface area contributed by atoms with Gasteiger partial charge in [-0.25, -0.2) is 4.98 Å². The summed E-state index contributed by atoms with van der Waals surface area (Å²) in [6, 6.07) is 13.2. The van der Waals surface area contributed by atoms with E-state index >= 15 is 0 Å². The van der Waals surface area contributed by atoms with Gasteiger partial charge in [-0.15, -0.1) is 17.9 Å². The highest BCUT2D eigenvalue weighted by molar-refractivity contribution is 7.20. The van der Waals surface area contributed by atoms with E-state index in [1.54, 1.807) is 6.08 Å². The van der Waals surface area contributed by atoms with Crippen molar-refractivity contribution in [2.45, 2.75) is 13.5 Å². The fourth-order valence-corrected chi connectivity index (χ4v) is 4.77. The number of nitrogens with one attached hydrogen (secondary N) is 1. The molecule has 0 spiro atoms. The summed E-state index contributed by atoms with van der Waals surface area (Å²) in [4.78, 5) is 33.3. The molecule has 2 heterocycles. The summed E-state index contributed by atoms with van der Waals surface area (Å²) in [5, 5.41) is 3.14. The third-order valence-corrected chi connectivity index (χ3v) is 6.05. The van der Waals surface area contributed by atoms with Gasteiger partial charge in [0.1, 0.15) is 0 Å². The minimum atomic E-state index is -0.368. The molecule has 6 nitrogen and oxygen atoms in total. The molecule has 1 N–H and O–H groups in total. The number of benzene rings is 2. The van der Waals surface area contributed by atoms with Crippen molar-refractivity contribution in [1.82, 2.24) is 9.55 Å². The zero-order valence-corrected chi connectivity index (χ0v) is 16.6. The SMILES string of the molecule is C=CCn1c(=NC(=O)c2nc3ccccc3s2)sc2cc(NC(C)=O)ccc21. The average molecular weight is 409 g/mol. The maximum Gasteiger partial charge on any atom is 0.308 e. The summed E-state index contributed by atoms with van der Waals surface area (Å²) >= 11 is 2.72. The highest BCUT2D eigenvalue weighted by Crippen LogP contribution is 2.24. The highest BCUT2D eigenvalue weighted by Gasteiger charge is 2.13. The van der Waals surface area contributed by atoms with Gasteiger partial charge in [-0.1, -0.05) is 29.5 Å². The Bertz CT molecular complexity index is 1260. The minimum Gasteiger partial charge on any atom is -0.326 e. The van der Waals surface area contributed by atoms with Gasteiger partial charge in [0.05, 0.1) is 20.4 Å². The number of aromatic nitrogens is 2. The Kier molecular flexibility index (Phi) is 4.89. The topological polar surface area (TPSA) is 76.3 Å². The van der Waals surface area contributed by atoms with Crippen LogP contribution in [0.1, 0.15) is 16.7 Å². The van der Waals surface area contributed by atoms with Crippen LogP contribution in [0.4, 0.5) is 5.69 Å². The first-order chi connectivity index (χ1) is 13.5. The van der Waals surface area contributed by atoms with E-state index in [4.69, 9.17) is 0 Å². The van der Waals surface area contributed by atoms with E-state index < -0.39 is 0 Å². The van der Waals surface area contributed by atoms with Gasteiger partial charge in [0, 0.05) is 19.2 Å². The summed E-state index contributed by atoms with van der Waals surface area (Å²) in [6.07, 6.45) is 1.76. The molecule has 0 radical (unpaired) electrons. The number of hydrogen-bond donors (Lipinski definition) is 1. The second kappa shape index (κ2) is 7.49. The Morgan fingerprint density at radius 1 is 1.21 bits per heavy atom. The Morgan fingerprint density at radius 2 is 2.04 bits per heavy atom. The molecule has 4 rings (SSSR count). The zero-order chi connectivity index (χ0) is 19.7. The molecule has 0 aliphatic rings. The smallest absolute Gasteiger partial charge is 0.308 e. The van der Waals surface area contributed by atoms with Gasteiger partial charge < -0.3 is 9.88 Å². The van der Waals surface area contributed by atoms with Crippen molar-refractivity contribution in [2.24, 2.45) is 4.99 Å². The first kappa shape index (κ1) is 18.3. The average Bonchev–Trinajstić information content (AvgIpc) is 3.23. The third-order valence-electron chi connectivity index (χ3n) is 3.99. The lowest BCUT2D eigenvalue weighted by atomic mass is 10.3. The molecule has 0 aliphatic heterocycles. The first-order valence-electron chi connectivity index (χ1n) is 8.51. The number of thiazole rings is 2. The lowest BCUT2D eigenvalue weighted by molar-refractivity contribution is -0.114. The molecule has 28 heavy (non-hydrogen) atoms. The summed E-state index contributed by atoms with van der Waals surface area (Å²) in [5.41, 5.74) is 2.42. The monoisotopic (exact) mass is 408 g/mol. The van der Waals surface area contributed by atoms with E-state index in [2.05, 4.69) is 21.9 Å². The molecule has 2 amide bonds. The van der Waals surface area contributed by atoms with Crippen molar-refractivity contribution in [3.63, 3.8) is 0 Å². The highest BCUT2D eigenvalue weighted by atomic mass is 32.1. The molecule has 0 fully saturated rings. The quantitative estimate of drug-likeness (QED) is 0.514. The fourth-order valence-electron chi connectivity index (χ4n) is 2.84. The summed E-state index contributed by atoms with van der Waals surface area (Å²) in [7, 11) is 0. The molecule has 2 aromatic carbocycles. The van der Waals surface area contributed by atoms with E-state index in [1.807, 2.05) is 47.0 Å². The maximum atomic E-state index is 12.7. The molecule has 2 aromatic heterocycles.